The summed E-state index contributed by atoms with van der Waals surface area (Å²) in [5.41, 5.74) is 2.43. The van der Waals surface area contributed by atoms with Crippen LogP contribution >= 0.6 is 27.5 Å². The van der Waals surface area contributed by atoms with E-state index >= 15 is 0 Å². The maximum absolute atomic E-state index is 6.08. The molecular weight excluding hydrogens is 322 g/mol. The van der Waals surface area contributed by atoms with Crippen LogP contribution in [0.5, 0.6) is 0 Å². The summed E-state index contributed by atoms with van der Waals surface area (Å²) in [4.78, 5) is 0. The first kappa shape index (κ1) is 14.4. The van der Waals surface area contributed by atoms with Gasteiger partial charge >= 0.3 is 0 Å². The molecule has 19 heavy (non-hydrogen) atoms. The average Bonchev–Trinajstić information content (AvgIpc) is 2.43. The summed E-state index contributed by atoms with van der Waals surface area (Å²) in [5, 5.41) is 4.23. The number of halogens is 2. The zero-order valence-electron chi connectivity index (χ0n) is 10.9. The highest BCUT2D eigenvalue weighted by Crippen LogP contribution is 2.30. The third-order valence-corrected chi connectivity index (χ3v) is 4.46. The molecule has 0 radical (unpaired) electrons. The summed E-state index contributed by atoms with van der Waals surface area (Å²) in [6.45, 7) is 2.19. The van der Waals surface area contributed by atoms with Gasteiger partial charge in [-0.1, -0.05) is 48.0 Å². The van der Waals surface area contributed by atoms with Gasteiger partial charge in [-0.25, -0.2) is 0 Å². The smallest absolute Gasteiger partial charge is 0.0593 e. The first-order valence-electron chi connectivity index (χ1n) is 6.41. The minimum Gasteiger partial charge on any atom is -0.382 e. The molecule has 2 rings (SSSR count). The molecule has 1 N–H and O–H groups in total. The highest BCUT2D eigenvalue weighted by molar-refractivity contribution is 9.10. The molecule has 0 aliphatic heterocycles. The molecule has 0 spiro atoms. The van der Waals surface area contributed by atoms with Crippen LogP contribution in [0.3, 0.4) is 0 Å². The van der Waals surface area contributed by atoms with Crippen LogP contribution in [0.15, 0.2) is 53.0 Å². The lowest BCUT2D eigenvalue weighted by molar-refractivity contribution is 0.706. The Hall–Kier alpha value is -0.990. The van der Waals surface area contributed by atoms with Gasteiger partial charge < -0.3 is 5.32 Å². The van der Waals surface area contributed by atoms with Crippen LogP contribution in [-0.4, -0.2) is 6.04 Å². The first-order chi connectivity index (χ1) is 9.16. The summed E-state index contributed by atoms with van der Waals surface area (Å²) in [6.07, 6.45) is 2.16. The van der Waals surface area contributed by atoms with Crippen LogP contribution in [0.25, 0.3) is 0 Å². The minimum atomic E-state index is 0.398. The second-order valence-electron chi connectivity index (χ2n) is 4.67. The number of aryl methyl sites for hydroxylation is 1. The van der Waals surface area contributed by atoms with E-state index in [0.29, 0.717) is 6.04 Å². The predicted octanol–water partition coefficient (Wildman–Crippen LogP) is 5.54. The van der Waals surface area contributed by atoms with E-state index in [2.05, 4.69) is 52.4 Å². The molecule has 0 bridgehead atoms. The highest BCUT2D eigenvalue weighted by atomic mass is 79.9. The zero-order chi connectivity index (χ0) is 13.7. The van der Waals surface area contributed by atoms with Crippen LogP contribution < -0.4 is 5.32 Å². The fourth-order valence-corrected chi connectivity index (χ4v) is 2.53. The molecule has 0 heterocycles. The van der Waals surface area contributed by atoms with Gasteiger partial charge in [0.15, 0.2) is 0 Å². The Kier molecular flexibility index (Phi) is 5.29. The summed E-state index contributed by atoms with van der Waals surface area (Å²) in [7, 11) is 0. The van der Waals surface area contributed by atoms with Crippen molar-refractivity contribution in [3.05, 3.63) is 63.6 Å². The summed E-state index contributed by atoms with van der Waals surface area (Å²) in [5.74, 6) is 0. The summed E-state index contributed by atoms with van der Waals surface area (Å²) in [6, 6.07) is 16.8. The Labute approximate surface area is 128 Å². The van der Waals surface area contributed by atoms with Crippen LogP contribution in [0.2, 0.25) is 5.02 Å². The number of anilines is 1. The standard InChI is InChI=1S/C16H17BrClN/c1-12(10-11-13-6-3-2-4-7-13)19-15-9-5-8-14(18)16(15)17/h2-9,12,19H,10-11H2,1H3. The highest BCUT2D eigenvalue weighted by Gasteiger charge is 2.07. The molecule has 2 aromatic carbocycles. The van der Waals surface area contributed by atoms with Gasteiger partial charge in [0.25, 0.3) is 0 Å². The van der Waals surface area contributed by atoms with Crippen LogP contribution in [-0.2, 0) is 6.42 Å². The molecule has 1 atom stereocenters. The van der Waals surface area contributed by atoms with Crippen molar-refractivity contribution in [2.24, 2.45) is 0 Å². The lowest BCUT2D eigenvalue weighted by Gasteiger charge is -2.17. The van der Waals surface area contributed by atoms with Gasteiger partial charge in [-0.2, -0.15) is 0 Å². The van der Waals surface area contributed by atoms with Gasteiger partial charge in [0.1, 0.15) is 0 Å². The number of hydrogen-bond donors (Lipinski definition) is 1. The molecule has 100 valence electrons. The van der Waals surface area contributed by atoms with Crippen LogP contribution in [0, 0.1) is 0 Å². The van der Waals surface area contributed by atoms with E-state index in [1.807, 2.05) is 24.3 Å². The largest absolute Gasteiger partial charge is 0.382 e. The Bertz CT molecular complexity index is 528. The number of nitrogens with one attached hydrogen (secondary N) is 1. The maximum atomic E-state index is 6.08. The van der Waals surface area contributed by atoms with Gasteiger partial charge in [0.05, 0.1) is 15.2 Å². The van der Waals surface area contributed by atoms with Crippen molar-refractivity contribution >= 4 is 33.2 Å². The first-order valence-corrected chi connectivity index (χ1v) is 7.58. The Balaban J connectivity index is 1.91. The van der Waals surface area contributed by atoms with Gasteiger partial charge in [-0.3, -0.25) is 0 Å². The third-order valence-electron chi connectivity index (χ3n) is 3.06. The Morgan fingerprint density at radius 3 is 2.58 bits per heavy atom. The van der Waals surface area contributed by atoms with E-state index in [9.17, 15) is 0 Å². The van der Waals surface area contributed by atoms with Gasteiger partial charge in [0.2, 0.25) is 0 Å². The van der Waals surface area contributed by atoms with E-state index in [-0.39, 0.29) is 0 Å². The van der Waals surface area contributed by atoms with E-state index in [4.69, 9.17) is 11.6 Å². The summed E-state index contributed by atoms with van der Waals surface area (Å²) < 4.78 is 0.934. The third kappa shape index (κ3) is 4.26. The molecule has 0 fully saturated rings. The van der Waals surface area contributed by atoms with E-state index in [1.165, 1.54) is 5.56 Å². The lowest BCUT2D eigenvalue weighted by Crippen LogP contribution is -2.16. The van der Waals surface area contributed by atoms with Crippen molar-refractivity contribution in [2.75, 3.05) is 5.32 Å². The summed E-state index contributed by atoms with van der Waals surface area (Å²) >= 11 is 9.59. The van der Waals surface area contributed by atoms with Crippen LogP contribution in [0.4, 0.5) is 5.69 Å². The Morgan fingerprint density at radius 2 is 1.84 bits per heavy atom. The topological polar surface area (TPSA) is 12.0 Å². The maximum Gasteiger partial charge on any atom is 0.0593 e. The van der Waals surface area contributed by atoms with E-state index in [0.717, 1.165) is 28.0 Å². The van der Waals surface area contributed by atoms with Crippen molar-refractivity contribution in [1.82, 2.24) is 0 Å². The van der Waals surface area contributed by atoms with Crippen molar-refractivity contribution in [3.8, 4) is 0 Å². The van der Waals surface area contributed by atoms with Crippen molar-refractivity contribution in [3.63, 3.8) is 0 Å². The molecule has 0 aliphatic carbocycles. The molecule has 2 aromatic rings. The minimum absolute atomic E-state index is 0.398. The second kappa shape index (κ2) is 6.97. The molecule has 0 aliphatic rings. The predicted molar refractivity (Wildman–Crippen MR) is 87.0 cm³/mol. The molecule has 1 unspecified atom stereocenters. The normalized spacial score (nSPS) is 12.2. The van der Waals surface area contributed by atoms with Crippen LogP contribution in [0.1, 0.15) is 18.9 Å². The number of hydrogen-bond acceptors (Lipinski definition) is 1. The number of rotatable bonds is 5. The Morgan fingerprint density at radius 1 is 1.11 bits per heavy atom. The van der Waals surface area contributed by atoms with Gasteiger partial charge in [-0.15, -0.1) is 0 Å². The SMILES string of the molecule is CC(CCc1ccccc1)Nc1cccc(Cl)c1Br. The number of benzene rings is 2. The van der Waals surface area contributed by atoms with E-state index in [1.54, 1.807) is 0 Å². The quantitative estimate of drug-likeness (QED) is 0.755. The fourth-order valence-electron chi connectivity index (χ4n) is 1.98. The van der Waals surface area contributed by atoms with Crippen molar-refractivity contribution < 1.29 is 0 Å². The lowest BCUT2D eigenvalue weighted by atomic mass is 10.1. The monoisotopic (exact) mass is 337 g/mol. The van der Waals surface area contributed by atoms with E-state index < -0.39 is 0 Å². The second-order valence-corrected chi connectivity index (χ2v) is 5.87. The van der Waals surface area contributed by atoms with Crippen molar-refractivity contribution in [2.45, 2.75) is 25.8 Å². The zero-order valence-corrected chi connectivity index (χ0v) is 13.2. The molecule has 0 saturated carbocycles. The molecular formula is C16H17BrClN. The molecule has 0 aromatic heterocycles. The molecule has 0 saturated heterocycles. The molecule has 1 nitrogen and oxygen atoms in total. The fraction of sp³-hybridized carbons (Fsp3) is 0.250. The van der Waals surface area contributed by atoms with Gasteiger partial charge in [-0.05, 0) is 53.4 Å². The van der Waals surface area contributed by atoms with Gasteiger partial charge in [0, 0.05) is 6.04 Å². The van der Waals surface area contributed by atoms with Crippen molar-refractivity contribution in [1.29, 1.82) is 0 Å². The average molecular weight is 339 g/mol. The molecule has 3 heteroatoms. The molecule has 0 amide bonds.